The molecule has 2 aliphatic rings. The van der Waals surface area contributed by atoms with E-state index in [4.69, 9.17) is 5.73 Å². The zero-order chi connectivity index (χ0) is 14.8. The first-order valence-corrected chi connectivity index (χ1v) is 8.22. The molecule has 2 fully saturated rings. The second-order valence-electron chi connectivity index (χ2n) is 6.76. The van der Waals surface area contributed by atoms with Crippen molar-refractivity contribution in [3.05, 3.63) is 12.4 Å². The van der Waals surface area contributed by atoms with Crippen LogP contribution in [0, 0.1) is 11.8 Å². The third-order valence-corrected chi connectivity index (χ3v) is 4.91. The van der Waals surface area contributed by atoms with Gasteiger partial charge in [-0.3, -0.25) is 0 Å². The van der Waals surface area contributed by atoms with Crippen molar-refractivity contribution in [3.63, 3.8) is 0 Å². The van der Waals surface area contributed by atoms with Crippen LogP contribution in [-0.4, -0.2) is 42.2 Å². The lowest BCUT2D eigenvalue weighted by Gasteiger charge is -2.28. The molecule has 7 heteroatoms. The topological polar surface area (TPSA) is 58.3 Å². The molecule has 3 heterocycles. The molecule has 1 aromatic heterocycles. The molecule has 1 aromatic rings. The number of aromatic nitrogens is 2. The van der Waals surface area contributed by atoms with E-state index in [0.29, 0.717) is 11.8 Å². The predicted molar refractivity (Wildman–Crippen MR) is 101 cm³/mol. The molecule has 0 unspecified atom stereocenters. The van der Waals surface area contributed by atoms with E-state index in [9.17, 15) is 0 Å². The molecule has 0 bridgehead atoms. The van der Waals surface area contributed by atoms with E-state index < -0.39 is 0 Å². The third kappa shape index (κ3) is 4.61. The Bertz CT molecular complexity index is 479. The first kappa shape index (κ1) is 20.3. The number of piperidine rings is 1. The minimum atomic E-state index is 0. The van der Waals surface area contributed by atoms with Gasteiger partial charge < -0.3 is 15.5 Å². The Kier molecular flexibility index (Phi) is 7.84. The molecule has 0 aromatic carbocycles. The van der Waals surface area contributed by atoms with Gasteiger partial charge in [-0.1, -0.05) is 13.8 Å². The minimum absolute atomic E-state index is 0. The molecule has 0 amide bonds. The smallest absolute Gasteiger partial charge is 0.134 e. The lowest BCUT2D eigenvalue weighted by Crippen LogP contribution is -2.32. The Hall–Kier alpha value is -0.780. The highest BCUT2D eigenvalue weighted by molar-refractivity contribution is 5.85. The van der Waals surface area contributed by atoms with Gasteiger partial charge in [0.05, 0.1) is 0 Å². The van der Waals surface area contributed by atoms with Crippen LogP contribution < -0.4 is 15.5 Å². The molecule has 2 aliphatic heterocycles. The first-order chi connectivity index (χ1) is 10.1. The minimum Gasteiger partial charge on any atom is -0.356 e. The molecule has 0 saturated carbocycles. The monoisotopic (exact) mass is 361 g/mol. The van der Waals surface area contributed by atoms with Crippen molar-refractivity contribution >= 4 is 36.4 Å². The Balaban J connectivity index is 0.00000132. The summed E-state index contributed by atoms with van der Waals surface area (Å²) in [5.41, 5.74) is 6.29. The van der Waals surface area contributed by atoms with Crippen molar-refractivity contribution < 1.29 is 0 Å². The summed E-state index contributed by atoms with van der Waals surface area (Å²) < 4.78 is 0. The zero-order valence-electron chi connectivity index (χ0n) is 14.0. The van der Waals surface area contributed by atoms with Crippen LogP contribution in [0.15, 0.2) is 12.4 Å². The van der Waals surface area contributed by atoms with E-state index in [1.54, 1.807) is 6.33 Å². The SMILES string of the molecule is CC(C)[C@H]1CN(c2cc(N3CCCCC3)ncn2)C[C@@H]1N.Cl.Cl. The second-order valence-corrected chi connectivity index (χ2v) is 6.76. The normalized spacial score (nSPS) is 24.3. The van der Waals surface area contributed by atoms with Gasteiger partial charge in [0.1, 0.15) is 18.0 Å². The lowest BCUT2D eigenvalue weighted by atomic mass is 9.92. The highest BCUT2D eigenvalue weighted by Crippen LogP contribution is 2.28. The fourth-order valence-corrected chi connectivity index (χ4v) is 3.55. The number of nitrogens with zero attached hydrogens (tertiary/aromatic N) is 4. The van der Waals surface area contributed by atoms with Crippen molar-refractivity contribution in [3.8, 4) is 0 Å². The molecular formula is C16H29Cl2N5. The van der Waals surface area contributed by atoms with Gasteiger partial charge in [0.2, 0.25) is 0 Å². The van der Waals surface area contributed by atoms with Crippen LogP contribution in [0.1, 0.15) is 33.1 Å². The Morgan fingerprint density at radius 1 is 1.00 bits per heavy atom. The predicted octanol–water partition coefficient (Wildman–Crippen LogP) is 2.73. The maximum absolute atomic E-state index is 6.29. The maximum Gasteiger partial charge on any atom is 0.134 e. The fraction of sp³-hybridized carbons (Fsp3) is 0.750. The second kappa shape index (κ2) is 8.90. The van der Waals surface area contributed by atoms with Crippen molar-refractivity contribution in [1.29, 1.82) is 0 Å². The Morgan fingerprint density at radius 2 is 1.61 bits per heavy atom. The first-order valence-electron chi connectivity index (χ1n) is 8.22. The summed E-state index contributed by atoms with van der Waals surface area (Å²) in [6.45, 7) is 8.66. The highest BCUT2D eigenvalue weighted by Gasteiger charge is 2.33. The van der Waals surface area contributed by atoms with Gasteiger partial charge in [0, 0.05) is 38.3 Å². The van der Waals surface area contributed by atoms with Crippen molar-refractivity contribution in [1.82, 2.24) is 9.97 Å². The van der Waals surface area contributed by atoms with Crippen LogP contribution in [0.5, 0.6) is 0 Å². The van der Waals surface area contributed by atoms with Gasteiger partial charge in [0.25, 0.3) is 0 Å². The Labute approximate surface area is 151 Å². The van der Waals surface area contributed by atoms with Gasteiger partial charge in [-0.15, -0.1) is 24.8 Å². The van der Waals surface area contributed by atoms with Crippen molar-refractivity contribution in [2.24, 2.45) is 17.6 Å². The molecule has 2 N–H and O–H groups in total. The van der Waals surface area contributed by atoms with Gasteiger partial charge in [-0.25, -0.2) is 9.97 Å². The quantitative estimate of drug-likeness (QED) is 0.896. The Morgan fingerprint density at radius 3 is 2.17 bits per heavy atom. The highest BCUT2D eigenvalue weighted by atomic mass is 35.5. The van der Waals surface area contributed by atoms with Crippen LogP contribution in [-0.2, 0) is 0 Å². The van der Waals surface area contributed by atoms with E-state index in [1.165, 1.54) is 19.3 Å². The average molecular weight is 362 g/mol. The van der Waals surface area contributed by atoms with Crippen LogP contribution in [0.25, 0.3) is 0 Å². The molecule has 0 aliphatic carbocycles. The van der Waals surface area contributed by atoms with E-state index in [2.05, 4.69) is 39.7 Å². The van der Waals surface area contributed by atoms with Gasteiger partial charge >= 0.3 is 0 Å². The molecule has 3 rings (SSSR count). The lowest BCUT2D eigenvalue weighted by molar-refractivity contribution is 0.382. The van der Waals surface area contributed by atoms with Gasteiger partial charge in [0.15, 0.2) is 0 Å². The van der Waals surface area contributed by atoms with E-state index in [1.807, 2.05) is 0 Å². The van der Waals surface area contributed by atoms with Crippen LogP contribution in [0.2, 0.25) is 0 Å². The summed E-state index contributed by atoms with van der Waals surface area (Å²) >= 11 is 0. The van der Waals surface area contributed by atoms with Crippen LogP contribution in [0.4, 0.5) is 11.6 Å². The molecule has 5 nitrogen and oxygen atoms in total. The standard InChI is InChI=1S/C16H27N5.2ClH/c1-12(2)13-9-21(10-14(13)17)16-8-15(18-11-19-16)20-6-4-3-5-7-20;;/h8,11-14H,3-7,9-10,17H2,1-2H3;2*1H/t13-,14+;;/m1../s1. The number of hydrogen-bond donors (Lipinski definition) is 1. The fourth-order valence-electron chi connectivity index (χ4n) is 3.55. The van der Waals surface area contributed by atoms with Crippen LogP contribution in [0.3, 0.4) is 0 Å². The number of nitrogens with two attached hydrogens (primary N) is 1. The molecule has 0 spiro atoms. The summed E-state index contributed by atoms with van der Waals surface area (Å²) in [7, 11) is 0. The summed E-state index contributed by atoms with van der Waals surface area (Å²) in [6.07, 6.45) is 5.58. The molecule has 2 atom stereocenters. The average Bonchev–Trinajstić information content (AvgIpc) is 2.91. The zero-order valence-corrected chi connectivity index (χ0v) is 15.7. The molecule has 2 saturated heterocycles. The molecule has 23 heavy (non-hydrogen) atoms. The van der Waals surface area contributed by atoms with Crippen molar-refractivity contribution in [2.45, 2.75) is 39.2 Å². The number of rotatable bonds is 3. The molecular weight excluding hydrogens is 333 g/mol. The number of anilines is 2. The summed E-state index contributed by atoms with van der Waals surface area (Å²) in [5.74, 6) is 3.28. The number of hydrogen-bond acceptors (Lipinski definition) is 5. The van der Waals surface area contributed by atoms with Crippen molar-refractivity contribution in [2.75, 3.05) is 36.0 Å². The van der Waals surface area contributed by atoms with Gasteiger partial charge in [-0.05, 0) is 31.1 Å². The van der Waals surface area contributed by atoms with E-state index in [-0.39, 0.29) is 30.9 Å². The summed E-state index contributed by atoms with van der Waals surface area (Å²) in [5, 5.41) is 0. The summed E-state index contributed by atoms with van der Waals surface area (Å²) in [4.78, 5) is 13.6. The van der Waals surface area contributed by atoms with Crippen LogP contribution >= 0.6 is 24.8 Å². The molecule has 0 radical (unpaired) electrons. The van der Waals surface area contributed by atoms with E-state index in [0.717, 1.165) is 37.8 Å². The number of halogens is 2. The summed E-state index contributed by atoms with van der Waals surface area (Å²) in [6, 6.07) is 2.39. The largest absolute Gasteiger partial charge is 0.356 e. The maximum atomic E-state index is 6.29. The van der Waals surface area contributed by atoms with Gasteiger partial charge in [-0.2, -0.15) is 0 Å². The third-order valence-electron chi connectivity index (χ3n) is 4.91. The molecule has 132 valence electrons. The van der Waals surface area contributed by atoms with E-state index >= 15 is 0 Å².